The molecule has 164 valence electrons. The quantitative estimate of drug-likeness (QED) is 0.264. The van der Waals surface area contributed by atoms with Gasteiger partial charge in [0.25, 0.3) is 0 Å². The zero-order chi connectivity index (χ0) is 19.9. The first-order valence-electron chi connectivity index (χ1n) is 10.9. The van der Waals surface area contributed by atoms with E-state index in [4.69, 9.17) is 0 Å². The van der Waals surface area contributed by atoms with E-state index in [9.17, 15) is 19.8 Å². The summed E-state index contributed by atoms with van der Waals surface area (Å²) >= 11 is 0. The fourth-order valence-corrected chi connectivity index (χ4v) is 2.81. The van der Waals surface area contributed by atoms with Crippen LogP contribution in [0, 0.1) is 0 Å². The van der Waals surface area contributed by atoms with Crippen LogP contribution in [-0.4, -0.2) is 43.3 Å². The minimum absolute atomic E-state index is 0. The fourth-order valence-electron chi connectivity index (χ4n) is 2.81. The molecule has 0 aliphatic heterocycles. The van der Waals surface area contributed by atoms with Crippen molar-refractivity contribution < 1.29 is 25.3 Å². The van der Waals surface area contributed by atoms with Gasteiger partial charge in [-0.15, -0.1) is 0 Å². The third kappa shape index (κ3) is 40.5. The van der Waals surface area contributed by atoms with Crippen molar-refractivity contribution >= 4 is 37.8 Å². The molecule has 0 fully saturated rings. The number of rotatable bonds is 18. The standard InChI is InChI=1S/2C11H22O2.In.H2O/c2*1-2-3-4-5-6-7-8-9-10-11(12)13;;/h2*2-10H2,1H3,(H,12,13);;1H2/q;;+3;/p-3. The van der Waals surface area contributed by atoms with E-state index in [1.807, 2.05) is 0 Å². The minimum atomic E-state index is -0.911. The monoisotopic (exact) mass is 502 g/mol. The largest absolute Gasteiger partial charge is 3.00 e. The van der Waals surface area contributed by atoms with Gasteiger partial charge in [-0.1, -0.05) is 104 Å². The van der Waals surface area contributed by atoms with Gasteiger partial charge in [0.1, 0.15) is 0 Å². The van der Waals surface area contributed by atoms with Gasteiger partial charge in [0.2, 0.25) is 0 Å². The van der Waals surface area contributed by atoms with Crippen molar-refractivity contribution in [1.29, 1.82) is 0 Å². The van der Waals surface area contributed by atoms with E-state index in [0.717, 1.165) is 25.7 Å². The Morgan fingerprint density at radius 2 is 0.714 bits per heavy atom. The molecule has 0 atom stereocenters. The van der Waals surface area contributed by atoms with Gasteiger partial charge in [0.05, 0.1) is 0 Å². The van der Waals surface area contributed by atoms with Gasteiger partial charge in [-0.05, 0) is 25.7 Å². The summed E-state index contributed by atoms with van der Waals surface area (Å²) in [6.45, 7) is 4.42. The molecule has 0 aromatic heterocycles. The molecule has 28 heavy (non-hydrogen) atoms. The second-order valence-corrected chi connectivity index (χ2v) is 7.19. The molecule has 0 heterocycles. The maximum Gasteiger partial charge on any atom is 3.00 e. The minimum Gasteiger partial charge on any atom is -0.870 e. The first kappa shape index (κ1) is 35.2. The van der Waals surface area contributed by atoms with Crippen LogP contribution in [0.1, 0.15) is 129 Å². The third-order valence-electron chi connectivity index (χ3n) is 4.47. The number of unbranched alkanes of at least 4 members (excludes halogenated alkanes) is 14. The molecule has 0 amide bonds. The molecular weight excluding hydrogens is 459 g/mol. The summed E-state index contributed by atoms with van der Waals surface area (Å²) in [5, 5.41) is 20.1. The molecule has 0 spiro atoms. The van der Waals surface area contributed by atoms with E-state index < -0.39 is 11.9 Å². The maximum absolute atomic E-state index is 10.1. The molecule has 0 bridgehead atoms. The van der Waals surface area contributed by atoms with E-state index in [2.05, 4.69) is 13.8 Å². The summed E-state index contributed by atoms with van der Waals surface area (Å²) in [5.41, 5.74) is 0. The molecule has 0 rings (SSSR count). The summed E-state index contributed by atoms with van der Waals surface area (Å²) in [5.74, 6) is -1.82. The van der Waals surface area contributed by atoms with Gasteiger partial charge in [0, 0.05) is 11.9 Å². The topological polar surface area (TPSA) is 110 Å². The van der Waals surface area contributed by atoms with Crippen LogP contribution in [0.15, 0.2) is 0 Å². The molecule has 0 aromatic rings. The Hall–Kier alpha value is -0.230. The first-order valence-corrected chi connectivity index (χ1v) is 10.9. The smallest absolute Gasteiger partial charge is 0.870 e. The van der Waals surface area contributed by atoms with Crippen LogP contribution in [0.25, 0.3) is 0 Å². The van der Waals surface area contributed by atoms with E-state index in [0.29, 0.717) is 0 Å². The number of carboxylic acid groups (broad SMARTS) is 2. The van der Waals surface area contributed by atoms with Crippen LogP contribution in [0.4, 0.5) is 0 Å². The average molecular weight is 502 g/mol. The van der Waals surface area contributed by atoms with Crippen LogP contribution < -0.4 is 10.2 Å². The Kier molecular flexibility index (Phi) is 39.6. The Labute approximate surface area is 192 Å². The summed E-state index contributed by atoms with van der Waals surface area (Å²) in [7, 11) is 0. The molecule has 0 aromatic carbocycles. The zero-order valence-corrected chi connectivity index (χ0v) is 21.7. The van der Waals surface area contributed by atoms with Gasteiger partial charge in [0.15, 0.2) is 0 Å². The molecule has 0 radical (unpaired) electrons. The number of carboxylic acids is 2. The van der Waals surface area contributed by atoms with E-state index in [1.54, 1.807) is 0 Å². The summed E-state index contributed by atoms with van der Waals surface area (Å²) in [4.78, 5) is 20.1. The Balaban J connectivity index is -0.000000192. The van der Waals surface area contributed by atoms with Crippen molar-refractivity contribution in [3.8, 4) is 0 Å². The van der Waals surface area contributed by atoms with Gasteiger partial charge >= 0.3 is 25.8 Å². The van der Waals surface area contributed by atoms with Gasteiger partial charge in [-0.2, -0.15) is 0 Å². The number of hydrogen-bond donors (Lipinski definition) is 0. The van der Waals surface area contributed by atoms with E-state index in [1.165, 1.54) is 77.0 Å². The maximum atomic E-state index is 10.1. The number of carbonyl (C=O) groups is 2. The molecule has 0 saturated heterocycles. The second-order valence-electron chi connectivity index (χ2n) is 7.19. The van der Waals surface area contributed by atoms with Crippen molar-refractivity contribution in [2.75, 3.05) is 0 Å². The average Bonchev–Trinajstić information content (AvgIpc) is 2.60. The van der Waals surface area contributed by atoms with E-state index in [-0.39, 0.29) is 44.2 Å². The molecule has 0 aliphatic carbocycles. The summed E-state index contributed by atoms with van der Waals surface area (Å²) in [6, 6.07) is 0. The first-order chi connectivity index (χ1) is 12.5. The van der Waals surface area contributed by atoms with Crippen molar-refractivity contribution in [2.24, 2.45) is 0 Å². The number of aliphatic carboxylic acids is 2. The van der Waals surface area contributed by atoms with Crippen LogP contribution in [0.2, 0.25) is 0 Å². The molecule has 1 N–H and O–H groups in total. The van der Waals surface area contributed by atoms with Crippen molar-refractivity contribution in [3.05, 3.63) is 0 Å². The third-order valence-corrected chi connectivity index (χ3v) is 4.47. The SMILES string of the molecule is CCCCCCCCCCC(=O)[O-].CCCCCCCCCCC(=O)[O-].[In+3].[OH-]. The normalized spacial score (nSPS) is 9.50. The molecule has 5 nitrogen and oxygen atoms in total. The Bertz CT molecular complexity index is 281. The van der Waals surface area contributed by atoms with E-state index >= 15 is 0 Å². The van der Waals surface area contributed by atoms with Crippen molar-refractivity contribution in [1.82, 2.24) is 0 Å². The fraction of sp³-hybridized carbons (Fsp3) is 0.909. The number of hydrogen-bond acceptors (Lipinski definition) is 5. The van der Waals surface area contributed by atoms with Gasteiger partial charge < -0.3 is 25.3 Å². The summed E-state index contributed by atoms with van der Waals surface area (Å²) < 4.78 is 0. The van der Waals surface area contributed by atoms with Crippen LogP contribution >= 0.6 is 0 Å². The molecular formula is C22H43InO5. The summed E-state index contributed by atoms with van der Waals surface area (Å²) in [6.07, 6.45) is 19.5. The molecule has 0 aliphatic rings. The van der Waals surface area contributed by atoms with Crippen LogP contribution in [0.5, 0.6) is 0 Å². The predicted octanol–water partition coefficient (Wildman–Crippen LogP) is 3.98. The Morgan fingerprint density at radius 1 is 0.500 bits per heavy atom. The van der Waals surface area contributed by atoms with Crippen LogP contribution in [0.3, 0.4) is 0 Å². The van der Waals surface area contributed by atoms with Gasteiger partial charge in [-0.3, -0.25) is 0 Å². The molecule has 6 heteroatoms. The Morgan fingerprint density at radius 3 is 0.929 bits per heavy atom. The van der Waals surface area contributed by atoms with Crippen molar-refractivity contribution in [2.45, 2.75) is 129 Å². The zero-order valence-electron chi connectivity index (χ0n) is 18.4. The molecule has 0 saturated carbocycles. The predicted molar refractivity (Wildman–Crippen MR) is 112 cm³/mol. The van der Waals surface area contributed by atoms with Crippen molar-refractivity contribution in [3.63, 3.8) is 0 Å². The second kappa shape index (κ2) is 31.5. The number of carbonyl (C=O) groups excluding carboxylic acids is 2. The molecule has 0 unspecified atom stereocenters. The van der Waals surface area contributed by atoms with Crippen LogP contribution in [-0.2, 0) is 9.59 Å². The van der Waals surface area contributed by atoms with Gasteiger partial charge in [-0.25, -0.2) is 0 Å².